The minimum atomic E-state index is -1.22. The number of aryl methyl sites for hydroxylation is 1. The molecule has 2 aromatic carbocycles. The van der Waals surface area contributed by atoms with Gasteiger partial charge in [-0.15, -0.1) is 0 Å². The number of carbonyl (C=O) groups is 2. The maximum atomic E-state index is 12.3. The summed E-state index contributed by atoms with van der Waals surface area (Å²) >= 11 is 0. The molecule has 0 aromatic heterocycles. The molecule has 2 rings (SSSR count). The molecule has 0 radical (unpaired) electrons. The molecule has 0 heterocycles. The van der Waals surface area contributed by atoms with Crippen molar-refractivity contribution < 1.29 is 14.7 Å². The summed E-state index contributed by atoms with van der Waals surface area (Å²) in [6.07, 6.45) is 1.40. The molecule has 0 amide bonds. The van der Waals surface area contributed by atoms with Crippen LogP contribution in [0.5, 0.6) is 0 Å². The average molecular weight is 266 g/mol. The Morgan fingerprint density at radius 2 is 1.70 bits per heavy atom. The highest BCUT2D eigenvalue weighted by atomic mass is 16.4. The Hall–Kier alpha value is -2.68. The normalized spacial score (nSPS) is 11.2. The van der Waals surface area contributed by atoms with Crippen LogP contribution in [0.3, 0.4) is 0 Å². The van der Waals surface area contributed by atoms with E-state index >= 15 is 0 Å². The minimum absolute atomic E-state index is 0.234. The van der Waals surface area contributed by atoms with Gasteiger partial charge in [0.15, 0.2) is 5.78 Å². The van der Waals surface area contributed by atoms with Gasteiger partial charge >= 0.3 is 5.97 Å². The topological polar surface area (TPSA) is 54.4 Å². The van der Waals surface area contributed by atoms with E-state index in [9.17, 15) is 14.7 Å². The molecular weight excluding hydrogens is 252 g/mol. The van der Waals surface area contributed by atoms with Gasteiger partial charge in [-0.05, 0) is 24.6 Å². The zero-order valence-corrected chi connectivity index (χ0v) is 11.0. The van der Waals surface area contributed by atoms with Crippen LogP contribution in [0.15, 0.2) is 60.2 Å². The van der Waals surface area contributed by atoms with Crippen molar-refractivity contribution in [3.63, 3.8) is 0 Å². The molecule has 0 fully saturated rings. The molecule has 0 saturated carbocycles. The van der Waals surface area contributed by atoms with Gasteiger partial charge in [0.25, 0.3) is 0 Å². The van der Waals surface area contributed by atoms with Crippen molar-refractivity contribution in [2.75, 3.05) is 0 Å². The molecule has 2 aromatic rings. The van der Waals surface area contributed by atoms with Gasteiger partial charge in [-0.1, -0.05) is 54.1 Å². The molecule has 0 saturated heterocycles. The number of ketones is 1. The third-order valence-corrected chi connectivity index (χ3v) is 2.87. The van der Waals surface area contributed by atoms with Gasteiger partial charge in [0, 0.05) is 5.56 Å². The summed E-state index contributed by atoms with van der Waals surface area (Å²) in [4.78, 5) is 23.6. The molecule has 3 heteroatoms. The van der Waals surface area contributed by atoms with Crippen molar-refractivity contribution in [3.05, 3.63) is 76.9 Å². The fourth-order valence-electron chi connectivity index (χ4n) is 1.88. The number of Topliss-reactive ketones (excluding diaryl/α,β-unsaturated/α-hetero) is 1. The second-order valence-corrected chi connectivity index (χ2v) is 4.47. The first kappa shape index (κ1) is 13.7. The Kier molecular flexibility index (Phi) is 4.11. The highest BCUT2D eigenvalue weighted by Crippen LogP contribution is 2.14. The maximum Gasteiger partial charge on any atom is 0.339 e. The number of carbonyl (C=O) groups excluding carboxylic acids is 1. The highest BCUT2D eigenvalue weighted by molar-refractivity contribution is 6.26. The van der Waals surface area contributed by atoms with Crippen molar-refractivity contribution in [2.45, 2.75) is 6.92 Å². The van der Waals surface area contributed by atoms with Crippen molar-refractivity contribution in [1.82, 2.24) is 0 Å². The van der Waals surface area contributed by atoms with Gasteiger partial charge in [0.2, 0.25) is 0 Å². The van der Waals surface area contributed by atoms with E-state index in [4.69, 9.17) is 0 Å². The fourth-order valence-corrected chi connectivity index (χ4v) is 1.88. The van der Waals surface area contributed by atoms with Crippen LogP contribution in [0, 0.1) is 6.92 Å². The Morgan fingerprint density at radius 3 is 2.30 bits per heavy atom. The third-order valence-electron chi connectivity index (χ3n) is 2.87. The summed E-state index contributed by atoms with van der Waals surface area (Å²) < 4.78 is 0. The number of rotatable bonds is 4. The lowest BCUT2D eigenvalue weighted by Crippen LogP contribution is -2.12. The standard InChI is InChI=1S/C17H14O3/c1-12-6-5-9-14(10-12)16(18)15(17(19)20)11-13-7-3-2-4-8-13/h2-11H,1H3,(H,19,20). The highest BCUT2D eigenvalue weighted by Gasteiger charge is 2.19. The van der Waals surface area contributed by atoms with Crippen molar-refractivity contribution in [2.24, 2.45) is 0 Å². The van der Waals surface area contributed by atoms with Crippen molar-refractivity contribution >= 4 is 17.8 Å². The molecule has 0 spiro atoms. The molecular formula is C17H14O3. The monoisotopic (exact) mass is 266 g/mol. The summed E-state index contributed by atoms with van der Waals surface area (Å²) in [6.45, 7) is 1.86. The van der Waals surface area contributed by atoms with E-state index in [-0.39, 0.29) is 5.57 Å². The van der Waals surface area contributed by atoms with Crippen LogP contribution < -0.4 is 0 Å². The zero-order chi connectivity index (χ0) is 14.5. The molecule has 1 N–H and O–H groups in total. The van der Waals surface area contributed by atoms with Gasteiger partial charge in [0.05, 0.1) is 0 Å². The predicted octanol–water partition coefficient (Wildman–Crippen LogP) is 3.35. The lowest BCUT2D eigenvalue weighted by Gasteiger charge is -2.03. The van der Waals surface area contributed by atoms with E-state index in [1.54, 1.807) is 42.5 Å². The van der Waals surface area contributed by atoms with E-state index in [0.717, 1.165) is 5.56 Å². The summed E-state index contributed by atoms with van der Waals surface area (Å²) in [7, 11) is 0. The van der Waals surface area contributed by atoms with Gasteiger partial charge in [-0.3, -0.25) is 4.79 Å². The number of hydrogen-bond donors (Lipinski definition) is 1. The first-order chi connectivity index (χ1) is 9.58. The van der Waals surface area contributed by atoms with E-state index in [2.05, 4.69) is 0 Å². The van der Waals surface area contributed by atoms with E-state index in [1.807, 2.05) is 19.1 Å². The van der Waals surface area contributed by atoms with Gasteiger partial charge in [-0.2, -0.15) is 0 Å². The Morgan fingerprint density at radius 1 is 1.00 bits per heavy atom. The summed E-state index contributed by atoms with van der Waals surface area (Å²) in [5, 5.41) is 9.25. The minimum Gasteiger partial charge on any atom is -0.478 e. The largest absolute Gasteiger partial charge is 0.478 e. The summed E-state index contributed by atoms with van der Waals surface area (Å²) in [6, 6.07) is 15.8. The second kappa shape index (κ2) is 5.97. The summed E-state index contributed by atoms with van der Waals surface area (Å²) in [5.41, 5.74) is 1.75. The van der Waals surface area contributed by atoms with Gasteiger partial charge in [-0.25, -0.2) is 4.79 Å². The zero-order valence-electron chi connectivity index (χ0n) is 11.0. The molecule has 0 unspecified atom stereocenters. The molecule has 0 bridgehead atoms. The number of benzene rings is 2. The van der Waals surface area contributed by atoms with Crippen LogP contribution >= 0.6 is 0 Å². The number of aliphatic carboxylic acids is 1. The lowest BCUT2D eigenvalue weighted by molar-refractivity contribution is -0.132. The van der Waals surface area contributed by atoms with Crippen LogP contribution in [0.1, 0.15) is 21.5 Å². The second-order valence-electron chi connectivity index (χ2n) is 4.47. The first-order valence-electron chi connectivity index (χ1n) is 6.19. The molecule has 0 aliphatic carbocycles. The van der Waals surface area contributed by atoms with Crippen LogP contribution in [0.4, 0.5) is 0 Å². The van der Waals surface area contributed by atoms with Crippen LogP contribution in [-0.2, 0) is 4.79 Å². The molecule has 0 aliphatic heterocycles. The van der Waals surface area contributed by atoms with Crippen molar-refractivity contribution in [1.29, 1.82) is 0 Å². The molecule has 100 valence electrons. The molecule has 3 nitrogen and oxygen atoms in total. The Labute approximate surface area is 117 Å². The molecule has 0 aliphatic rings. The third kappa shape index (κ3) is 3.20. The SMILES string of the molecule is Cc1cccc(C(=O)C(=Cc2ccccc2)C(=O)O)c1. The molecule has 0 atom stereocenters. The van der Waals surface area contributed by atoms with Gasteiger partial charge in [0.1, 0.15) is 5.57 Å². The predicted molar refractivity (Wildman–Crippen MR) is 77.6 cm³/mol. The number of carboxylic acid groups (broad SMARTS) is 1. The Balaban J connectivity index is 2.42. The lowest BCUT2D eigenvalue weighted by atomic mass is 10.00. The smallest absolute Gasteiger partial charge is 0.339 e. The van der Waals surface area contributed by atoms with Gasteiger partial charge < -0.3 is 5.11 Å². The van der Waals surface area contributed by atoms with E-state index in [1.165, 1.54) is 6.08 Å². The average Bonchev–Trinajstić information content (AvgIpc) is 2.45. The van der Waals surface area contributed by atoms with E-state index in [0.29, 0.717) is 11.1 Å². The van der Waals surface area contributed by atoms with Crippen LogP contribution in [-0.4, -0.2) is 16.9 Å². The van der Waals surface area contributed by atoms with Crippen LogP contribution in [0.25, 0.3) is 6.08 Å². The quantitative estimate of drug-likeness (QED) is 0.399. The maximum absolute atomic E-state index is 12.3. The first-order valence-corrected chi connectivity index (χ1v) is 6.19. The van der Waals surface area contributed by atoms with Crippen molar-refractivity contribution in [3.8, 4) is 0 Å². The van der Waals surface area contributed by atoms with Crippen LogP contribution in [0.2, 0.25) is 0 Å². The fraction of sp³-hybridized carbons (Fsp3) is 0.0588. The van der Waals surface area contributed by atoms with E-state index < -0.39 is 11.8 Å². The molecule has 20 heavy (non-hydrogen) atoms. The number of hydrogen-bond acceptors (Lipinski definition) is 2. The number of carboxylic acids is 1. The summed E-state index contributed by atoms with van der Waals surface area (Å²) in [5.74, 6) is -1.70. The Bertz CT molecular complexity index is 670.